The highest BCUT2D eigenvalue weighted by Gasteiger charge is 2.10. The quantitative estimate of drug-likeness (QED) is 0.679. The number of hydrogen-bond acceptors (Lipinski definition) is 3. The molecule has 22 heavy (non-hydrogen) atoms. The number of halogens is 2. The molecule has 0 unspecified atom stereocenters. The molecule has 0 amide bonds. The Morgan fingerprint density at radius 2 is 1.77 bits per heavy atom. The zero-order chi connectivity index (χ0) is 15.9. The molecule has 0 saturated heterocycles. The molecule has 2 aromatic rings. The number of benzene rings is 2. The van der Waals surface area contributed by atoms with E-state index in [1.807, 2.05) is 31.2 Å². The molecule has 0 aromatic heterocycles. The Morgan fingerprint density at radius 1 is 1.05 bits per heavy atom. The Balaban J connectivity index is 2.08. The standard InChI is InChI=1S/C17H19Br2NO2/c1-3-22-17-13(8-14(18)9-15(17)19)11-20-10-12-6-4-5-7-16(12)21-2/h4-9,20H,3,10-11H2,1-2H3. The van der Waals surface area contributed by atoms with Gasteiger partial charge in [0.2, 0.25) is 0 Å². The van der Waals surface area contributed by atoms with Crippen molar-refractivity contribution in [1.82, 2.24) is 5.32 Å². The summed E-state index contributed by atoms with van der Waals surface area (Å²) in [5.74, 6) is 1.79. The maximum atomic E-state index is 5.74. The second-order valence-electron chi connectivity index (χ2n) is 4.72. The number of methoxy groups -OCH3 is 1. The number of ether oxygens (including phenoxy) is 2. The molecule has 5 heteroatoms. The van der Waals surface area contributed by atoms with E-state index in [-0.39, 0.29) is 0 Å². The van der Waals surface area contributed by atoms with Gasteiger partial charge in [-0.05, 0) is 41.1 Å². The van der Waals surface area contributed by atoms with Crippen LogP contribution in [-0.4, -0.2) is 13.7 Å². The second-order valence-corrected chi connectivity index (χ2v) is 6.49. The summed E-state index contributed by atoms with van der Waals surface area (Å²) in [6.45, 7) is 4.07. The Bertz CT molecular complexity index is 632. The molecule has 1 N–H and O–H groups in total. The molecule has 0 bridgehead atoms. The molecule has 3 nitrogen and oxygen atoms in total. The van der Waals surface area contributed by atoms with Crippen molar-refractivity contribution in [3.63, 3.8) is 0 Å². The van der Waals surface area contributed by atoms with Gasteiger partial charge in [0.25, 0.3) is 0 Å². The monoisotopic (exact) mass is 427 g/mol. The summed E-state index contributed by atoms with van der Waals surface area (Å²) < 4.78 is 13.1. The van der Waals surface area contributed by atoms with Crippen molar-refractivity contribution in [2.45, 2.75) is 20.0 Å². The van der Waals surface area contributed by atoms with Gasteiger partial charge in [0.05, 0.1) is 18.2 Å². The van der Waals surface area contributed by atoms with Crippen molar-refractivity contribution in [2.24, 2.45) is 0 Å². The molecule has 118 valence electrons. The predicted octanol–water partition coefficient (Wildman–Crippen LogP) is 4.91. The molecular formula is C17H19Br2NO2. The van der Waals surface area contributed by atoms with Crippen LogP contribution in [0.1, 0.15) is 18.1 Å². The van der Waals surface area contributed by atoms with Crippen LogP contribution in [0.3, 0.4) is 0 Å². The molecule has 0 aliphatic carbocycles. The zero-order valence-corrected chi connectivity index (χ0v) is 15.8. The van der Waals surface area contributed by atoms with E-state index < -0.39 is 0 Å². The van der Waals surface area contributed by atoms with Crippen molar-refractivity contribution in [3.05, 3.63) is 56.5 Å². The topological polar surface area (TPSA) is 30.5 Å². The zero-order valence-electron chi connectivity index (χ0n) is 12.7. The lowest BCUT2D eigenvalue weighted by atomic mass is 10.1. The molecule has 0 atom stereocenters. The molecule has 0 aliphatic heterocycles. The Kier molecular flexibility index (Phi) is 6.73. The van der Waals surface area contributed by atoms with Crippen molar-refractivity contribution >= 4 is 31.9 Å². The Labute approximate surface area is 148 Å². The van der Waals surface area contributed by atoms with Gasteiger partial charge in [0.1, 0.15) is 11.5 Å². The van der Waals surface area contributed by atoms with Crippen LogP contribution in [0.4, 0.5) is 0 Å². The number of rotatable bonds is 7. The van der Waals surface area contributed by atoms with Gasteiger partial charge in [-0.1, -0.05) is 34.1 Å². The first-order valence-electron chi connectivity index (χ1n) is 7.09. The van der Waals surface area contributed by atoms with Gasteiger partial charge in [0, 0.05) is 28.7 Å². The average Bonchev–Trinajstić information content (AvgIpc) is 2.51. The molecule has 0 heterocycles. The molecule has 0 spiro atoms. The van der Waals surface area contributed by atoms with E-state index in [0.29, 0.717) is 13.2 Å². The predicted molar refractivity (Wildman–Crippen MR) is 96.5 cm³/mol. The lowest BCUT2D eigenvalue weighted by Crippen LogP contribution is -2.14. The number of nitrogens with one attached hydrogen (secondary N) is 1. The van der Waals surface area contributed by atoms with Gasteiger partial charge >= 0.3 is 0 Å². The molecule has 2 rings (SSSR count). The SMILES string of the molecule is CCOc1c(Br)cc(Br)cc1CNCc1ccccc1OC. The third kappa shape index (κ3) is 4.48. The first-order valence-corrected chi connectivity index (χ1v) is 8.67. The van der Waals surface area contributed by atoms with Crippen LogP contribution >= 0.6 is 31.9 Å². The van der Waals surface area contributed by atoms with E-state index in [1.54, 1.807) is 7.11 Å². The average molecular weight is 429 g/mol. The molecule has 0 fully saturated rings. The first kappa shape index (κ1) is 17.3. The van der Waals surface area contributed by atoms with Crippen LogP contribution in [0.2, 0.25) is 0 Å². The summed E-state index contributed by atoms with van der Waals surface area (Å²) in [6.07, 6.45) is 0. The Morgan fingerprint density at radius 3 is 2.50 bits per heavy atom. The fourth-order valence-corrected chi connectivity index (χ4v) is 3.66. The van der Waals surface area contributed by atoms with Gasteiger partial charge in [-0.3, -0.25) is 0 Å². The summed E-state index contributed by atoms with van der Waals surface area (Å²) in [4.78, 5) is 0. The van der Waals surface area contributed by atoms with Crippen LogP contribution in [-0.2, 0) is 13.1 Å². The van der Waals surface area contributed by atoms with E-state index in [1.165, 1.54) is 0 Å². The van der Waals surface area contributed by atoms with Crippen molar-refractivity contribution in [2.75, 3.05) is 13.7 Å². The Hall–Kier alpha value is -1.04. The normalized spacial score (nSPS) is 10.5. The van der Waals surface area contributed by atoms with E-state index in [0.717, 1.165) is 38.1 Å². The van der Waals surface area contributed by atoms with Gasteiger partial charge < -0.3 is 14.8 Å². The maximum absolute atomic E-state index is 5.74. The smallest absolute Gasteiger partial charge is 0.138 e. The lowest BCUT2D eigenvalue weighted by molar-refractivity contribution is 0.333. The van der Waals surface area contributed by atoms with Gasteiger partial charge in [-0.2, -0.15) is 0 Å². The van der Waals surface area contributed by atoms with Gasteiger partial charge in [-0.25, -0.2) is 0 Å². The highest BCUT2D eigenvalue weighted by Crippen LogP contribution is 2.33. The van der Waals surface area contributed by atoms with Crippen molar-refractivity contribution in [1.29, 1.82) is 0 Å². The highest BCUT2D eigenvalue weighted by atomic mass is 79.9. The summed E-state index contributed by atoms with van der Waals surface area (Å²) in [5.41, 5.74) is 2.25. The number of hydrogen-bond donors (Lipinski definition) is 1. The summed E-state index contributed by atoms with van der Waals surface area (Å²) in [5, 5.41) is 3.44. The highest BCUT2D eigenvalue weighted by molar-refractivity contribution is 9.11. The van der Waals surface area contributed by atoms with E-state index in [4.69, 9.17) is 9.47 Å². The van der Waals surface area contributed by atoms with Crippen molar-refractivity contribution in [3.8, 4) is 11.5 Å². The summed E-state index contributed by atoms with van der Waals surface area (Å²) >= 11 is 7.08. The van der Waals surface area contributed by atoms with E-state index in [2.05, 4.69) is 49.3 Å². The fourth-order valence-electron chi connectivity index (χ4n) is 2.23. The van der Waals surface area contributed by atoms with E-state index >= 15 is 0 Å². The minimum absolute atomic E-state index is 0.639. The van der Waals surface area contributed by atoms with E-state index in [9.17, 15) is 0 Å². The second kappa shape index (κ2) is 8.56. The fraction of sp³-hybridized carbons (Fsp3) is 0.294. The van der Waals surface area contributed by atoms with Crippen molar-refractivity contribution < 1.29 is 9.47 Å². The largest absolute Gasteiger partial charge is 0.496 e. The minimum Gasteiger partial charge on any atom is -0.496 e. The van der Waals surface area contributed by atoms with Crippen LogP contribution < -0.4 is 14.8 Å². The van der Waals surface area contributed by atoms with Crippen LogP contribution in [0, 0.1) is 0 Å². The summed E-state index contributed by atoms with van der Waals surface area (Å²) in [6, 6.07) is 12.1. The molecule has 0 aliphatic rings. The van der Waals surface area contributed by atoms with Gasteiger partial charge in [-0.15, -0.1) is 0 Å². The molecule has 2 aromatic carbocycles. The molecule has 0 radical (unpaired) electrons. The van der Waals surface area contributed by atoms with Crippen LogP contribution in [0.15, 0.2) is 45.3 Å². The van der Waals surface area contributed by atoms with Crippen LogP contribution in [0.5, 0.6) is 11.5 Å². The number of para-hydroxylation sites is 1. The molecule has 0 saturated carbocycles. The van der Waals surface area contributed by atoms with Gasteiger partial charge in [0.15, 0.2) is 0 Å². The maximum Gasteiger partial charge on any atom is 0.138 e. The molecular weight excluding hydrogens is 410 g/mol. The minimum atomic E-state index is 0.639. The van der Waals surface area contributed by atoms with Crippen LogP contribution in [0.25, 0.3) is 0 Å². The lowest BCUT2D eigenvalue weighted by Gasteiger charge is -2.14. The first-order chi connectivity index (χ1) is 10.7. The summed E-state index contributed by atoms with van der Waals surface area (Å²) in [7, 11) is 1.69. The third-order valence-electron chi connectivity index (χ3n) is 3.20. The third-order valence-corrected chi connectivity index (χ3v) is 4.24.